The van der Waals surface area contributed by atoms with E-state index in [1.54, 1.807) is 48.2 Å². The van der Waals surface area contributed by atoms with Crippen molar-refractivity contribution in [3.05, 3.63) is 44.7 Å². The monoisotopic (exact) mass is 443 g/mol. The molecule has 4 rings (SSSR count). The zero-order valence-electron chi connectivity index (χ0n) is 13.1. The fourth-order valence-electron chi connectivity index (χ4n) is 4.26. The van der Waals surface area contributed by atoms with Crippen LogP contribution in [0.25, 0.3) is 0 Å². The van der Waals surface area contributed by atoms with Crippen molar-refractivity contribution in [2.45, 2.75) is 43.1 Å². The van der Waals surface area contributed by atoms with Gasteiger partial charge in [-0.15, -0.1) is 0 Å². The van der Waals surface area contributed by atoms with E-state index in [1.165, 1.54) is 17.7 Å². The Kier molecular flexibility index (Phi) is 3.84. The third-order valence-electron chi connectivity index (χ3n) is 5.29. The van der Waals surface area contributed by atoms with Crippen LogP contribution in [-0.2, 0) is 24.7 Å². The molecule has 115 valence electrons. The number of hydrogen-bond donors (Lipinski definition) is 0. The van der Waals surface area contributed by atoms with E-state index in [2.05, 4.69) is 38.2 Å². The van der Waals surface area contributed by atoms with Gasteiger partial charge in [0.15, 0.2) is 0 Å². The Hall–Kier alpha value is 0.860. The number of allylic oxidation sites excluding steroid dienone is 7. The second-order valence-corrected chi connectivity index (χ2v) is 16.5. The summed E-state index contributed by atoms with van der Waals surface area (Å²) in [5, 5.41) is 3.33. The number of halogens is 2. The fraction of sp³-hybridized carbons (Fsp3) is 0.471. The van der Waals surface area contributed by atoms with E-state index < -0.39 is 12.9 Å². The van der Waals surface area contributed by atoms with Crippen LogP contribution in [0.15, 0.2) is 44.7 Å². The van der Waals surface area contributed by atoms with Crippen LogP contribution in [0.2, 0.25) is 13.1 Å². The molecule has 3 unspecified atom stereocenters. The van der Waals surface area contributed by atoms with Crippen LogP contribution in [0.4, 0.5) is 0 Å². The quantitative estimate of drug-likeness (QED) is 0.243. The summed E-state index contributed by atoms with van der Waals surface area (Å²) in [6.45, 7) is 7.32. The molecule has 0 nitrogen and oxygen atoms in total. The molecule has 2 aliphatic carbocycles. The Bertz CT molecular complexity index is 757. The van der Waals surface area contributed by atoms with Gasteiger partial charge in [0.2, 0.25) is 0 Å². The Morgan fingerprint density at radius 1 is 1.41 bits per heavy atom. The first kappa shape index (κ1) is 16.3. The Morgan fingerprint density at radius 2 is 2.14 bits per heavy atom. The van der Waals surface area contributed by atoms with Crippen molar-refractivity contribution in [3.63, 3.8) is 0 Å². The molecule has 0 spiro atoms. The van der Waals surface area contributed by atoms with E-state index in [9.17, 15) is 0 Å². The van der Waals surface area contributed by atoms with E-state index in [0.29, 0.717) is 10.5 Å². The summed E-state index contributed by atoms with van der Waals surface area (Å²) in [7, 11) is -1.13. The van der Waals surface area contributed by atoms with Gasteiger partial charge in [-0.25, -0.2) is 0 Å². The number of rotatable bonds is 3. The van der Waals surface area contributed by atoms with Crippen molar-refractivity contribution >= 4 is 44.3 Å². The van der Waals surface area contributed by atoms with Gasteiger partial charge in [-0.3, -0.25) is 0 Å². The molecule has 3 atom stereocenters. The van der Waals surface area contributed by atoms with E-state index >= 15 is 0 Å². The van der Waals surface area contributed by atoms with Gasteiger partial charge in [0.1, 0.15) is 0 Å². The van der Waals surface area contributed by atoms with Crippen LogP contribution < -0.4 is 0 Å². The van der Waals surface area contributed by atoms with Gasteiger partial charge in [-0.1, -0.05) is 0 Å². The van der Waals surface area contributed by atoms with Gasteiger partial charge >= 0.3 is 163 Å². The summed E-state index contributed by atoms with van der Waals surface area (Å²) in [4.78, 5) is 1.20. The van der Waals surface area contributed by atoms with Crippen LogP contribution in [0, 0.1) is 0 Å². The van der Waals surface area contributed by atoms with E-state index in [1.807, 2.05) is 0 Å². The first-order valence-corrected chi connectivity index (χ1v) is 14.3. The van der Waals surface area contributed by atoms with Crippen LogP contribution in [0.5, 0.6) is 0 Å². The Labute approximate surface area is 161 Å². The molecule has 0 radical (unpaired) electrons. The van der Waals surface area contributed by atoms with Gasteiger partial charge in [0.25, 0.3) is 0 Å². The minimum atomic E-state index is -1.48. The van der Waals surface area contributed by atoms with Gasteiger partial charge in [0.05, 0.1) is 0 Å². The third-order valence-corrected chi connectivity index (χ3v) is 15.6. The van der Waals surface area contributed by atoms with Gasteiger partial charge < -0.3 is 0 Å². The standard InChI is InChI=1S/C17H19Cl2SSi.Zr/c1-4-8-20-10-13-15-12(20)9-11(16(15)21(13,2)3)17(19)7-5-6-14(17)18;/h5-6,9,14H,4,7-8H2,1-3H3;. The Morgan fingerprint density at radius 3 is 2.73 bits per heavy atom. The maximum absolute atomic E-state index is 7.05. The molecule has 4 aliphatic rings. The second kappa shape index (κ2) is 5.18. The maximum atomic E-state index is 7.05. The summed E-state index contributed by atoms with van der Waals surface area (Å²) >= 11 is 15.3. The molecule has 0 aromatic rings. The molecule has 0 fully saturated rings. The first-order chi connectivity index (χ1) is 10.3. The second-order valence-electron chi connectivity index (χ2n) is 6.99. The van der Waals surface area contributed by atoms with Crippen molar-refractivity contribution < 1.29 is 24.7 Å². The minimum absolute atomic E-state index is 0.0779. The van der Waals surface area contributed by atoms with Gasteiger partial charge in [0, 0.05) is 0 Å². The van der Waals surface area contributed by atoms with E-state index in [0.717, 1.165) is 6.42 Å². The molecule has 2 aliphatic heterocycles. The summed E-state index contributed by atoms with van der Waals surface area (Å²) in [5.41, 5.74) is 2.99. The average molecular weight is 446 g/mol. The zero-order valence-corrected chi connectivity index (χ0v) is 18.9. The molecule has 0 N–H and O–H groups in total. The normalized spacial score (nSPS) is 37.8. The Balaban J connectivity index is 1.89. The summed E-state index contributed by atoms with van der Waals surface area (Å²) in [5.74, 6) is 1.31. The molecule has 0 aromatic carbocycles. The van der Waals surface area contributed by atoms with Crippen LogP contribution in [0.1, 0.15) is 19.8 Å². The molecule has 0 saturated carbocycles. The van der Waals surface area contributed by atoms with Crippen LogP contribution in [0.3, 0.4) is 0 Å². The SMILES string of the molecule is CCCS1=[C]([Zr])C2=C3C1=CC(C1(Cl)CC=CC1Cl)=C3[Si]2(C)C. The first-order valence-electron chi connectivity index (χ1n) is 7.86. The van der Waals surface area contributed by atoms with Gasteiger partial charge in [-0.05, 0) is 0 Å². The predicted molar refractivity (Wildman–Crippen MR) is 99.4 cm³/mol. The third kappa shape index (κ3) is 1.84. The predicted octanol–water partition coefficient (Wildman–Crippen LogP) is 5.19. The molecule has 0 bridgehead atoms. The number of hydrogen-bond acceptors (Lipinski definition) is 0. The average Bonchev–Trinajstić information content (AvgIpc) is 3.03. The topological polar surface area (TPSA) is 0 Å². The van der Waals surface area contributed by atoms with Crippen molar-refractivity contribution in [1.82, 2.24) is 0 Å². The molecule has 0 saturated heterocycles. The van der Waals surface area contributed by atoms with Crippen LogP contribution in [-0.4, -0.2) is 26.7 Å². The molecular formula is C17H19Cl2SSiZr. The van der Waals surface area contributed by atoms with Gasteiger partial charge in [-0.2, -0.15) is 0 Å². The summed E-state index contributed by atoms with van der Waals surface area (Å²) in [6.07, 6.45) is 8.81. The van der Waals surface area contributed by atoms with Crippen molar-refractivity contribution in [2.24, 2.45) is 0 Å². The molecule has 5 heteroatoms. The summed E-state index contributed by atoms with van der Waals surface area (Å²) < 4.78 is 1.77. The van der Waals surface area contributed by atoms with E-state index in [4.69, 9.17) is 23.2 Å². The molecular weight excluding hydrogens is 426 g/mol. The molecule has 0 amide bonds. The molecule has 22 heavy (non-hydrogen) atoms. The van der Waals surface area contributed by atoms with Crippen molar-refractivity contribution in [1.29, 1.82) is 0 Å². The zero-order chi connectivity index (χ0) is 15.9. The molecule has 2 heterocycles. The fourth-order valence-corrected chi connectivity index (χ4v) is 15.9. The number of alkyl halides is 2. The summed E-state index contributed by atoms with van der Waals surface area (Å²) in [6, 6.07) is 0. The van der Waals surface area contributed by atoms with Crippen LogP contribution >= 0.6 is 33.7 Å². The van der Waals surface area contributed by atoms with Crippen molar-refractivity contribution in [2.75, 3.05) is 5.75 Å². The van der Waals surface area contributed by atoms with Crippen molar-refractivity contribution in [3.8, 4) is 0 Å². The molecule has 0 aromatic heterocycles. The van der Waals surface area contributed by atoms with E-state index in [-0.39, 0.29) is 5.38 Å².